The third kappa shape index (κ3) is 3.68. The van der Waals surface area contributed by atoms with Crippen molar-refractivity contribution in [3.05, 3.63) is 23.8 Å². The van der Waals surface area contributed by atoms with E-state index in [-0.39, 0.29) is 22.3 Å². The summed E-state index contributed by atoms with van der Waals surface area (Å²) in [6.45, 7) is 3.40. The Morgan fingerprint density at radius 2 is 2.04 bits per heavy atom. The largest absolute Gasteiger partial charge is 0.495 e. The fraction of sp³-hybridized carbons (Fsp3) is 0.500. The van der Waals surface area contributed by atoms with Gasteiger partial charge in [0.15, 0.2) is 0 Å². The van der Waals surface area contributed by atoms with Crippen LogP contribution in [0.25, 0.3) is 0 Å². The molecule has 0 spiro atoms. The van der Waals surface area contributed by atoms with Crippen molar-refractivity contribution in [3.63, 3.8) is 0 Å². The second-order valence-corrected chi connectivity index (χ2v) is 7.83. The third-order valence-electron chi connectivity index (χ3n) is 3.88. The summed E-state index contributed by atoms with van der Waals surface area (Å²) in [5.41, 5.74) is -0.673. The monoisotopic (exact) mass is 351 g/mol. The van der Waals surface area contributed by atoms with E-state index in [1.807, 2.05) is 0 Å². The van der Waals surface area contributed by atoms with E-state index in [0.29, 0.717) is 12.8 Å². The van der Waals surface area contributed by atoms with Gasteiger partial charge in [-0.05, 0) is 51.3 Å². The van der Waals surface area contributed by atoms with Gasteiger partial charge in [0.25, 0.3) is 5.91 Å². The van der Waals surface area contributed by atoms with Gasteiger partial charge in [0.2, 0.25) is 10.0 Å². The summed E-state index contributed by atoms with van der Waals surface area (Å²) in [5.74, 6) is -0.321. The fourth-order valence-corrected chi connectivity index (χ4v) is 3.93. The van der Waals surface area contributed by atoms with Crippen molar-refractivity contribution in [2.75, 3.05) is 7.11 Å². The minimum absolute atomic E-state index is 0.106. The second-order valence-electron chi connectivity index (χ2n) is 6.14. The number of sulfonamides is 1. The van der Waals surface area contributed by atoms with E-state index < -0.39 is 21.5 Å². The van der Waals surface area contributed by atoms with Crippen LogP contribution in [0, 0.1) is 11.3 Å². The summed E-state index contributed by atoms with van der Waals surface area (Å²) in [6, 6.07) is 6.00. The molecule has 0 bridgehead atoms. The first-order chi connectivity index (χ1) is 11.2. The molecule has 1 saturated carbocycles. The molecule has 0 aromatic heterocycles. The molecule has 0 aliphatic heterocycles. The van der Waals surface area contributed by atoms with Gasteiger partial charge in [0.1, 0.15) is 16.2 Å². The molecule has 1 fully saturated rings. The Kier molecular flexibility index (Phi) is 5.16. The molecule has 130 valence electrons. The zero-order valence-corrected chi connectivity index (χ0v) is 14.7. The van der Waals surface area contributed by atoms with Crippen LogP contribution in [0.2, 0.25) is 0 Å². The van der Waals surface area contributed by atoms with E-state index >= 15 is 0 Å². The van der Waals surface area contributed by atoms with E-state index in [0.717, 1.165) is 6.42 Å². The molecule has 1 amide bonds. The lowest BCUT2D eigenvalue weighted by Gasteiger charge is -2.35. The molecule has 0 atom stereocenters. The molecule has 1 aliphatic rings. The number of hydrogen-bond donors (Lipinski definition) is 2. The maximum atomic E-state index is 12.4. The predicted octanol–water partition coefficient (Wildman–Crippen LogP) is 1.56. The molecule has 1 aliphatic carbocycles. The number of amides is 1. The number of nitrogens with one attached hydrogen (secondary N) is 2. The van der Waals surface area contributed by atoms with Gasteiger partial charge in [-0.2, -0.15) is 5.26 Å². The molecular formula is C16H21N3O4S. The Morgan fingerprint density at radius 3 is 2.50 bits per heavy atom. The smallest absolute Gasteiger partial charge is 0.252 e. The van der Waals surface area contributed by atoms with Crippen LogP contribution in [0.3, 0.4) is 0 Å². The lowest BCUT2D eigenvalue weighted by Crippen LogP contribution is -2.52. The van der Waals surface area contributed by atoms with Crippen molar-refractivity contribution in [2.24, 2.45) is 0 Å². The molecule has 0 saturated heterocycles. The minimum Gasteiger partial charge on any atom is -0.495 e. The van der Waals surface area contributed by atoms with Gasteiger partial charge in [0, 0.05) is 11.6 Å². The topological polar surface area (TPSA) is 108 Å². The summed E-state index contributed by atoms with van der Waals surface area (Å²) < 4.78 is 32.4. The molecule has 0 unspecified atom stereocenters. The van der Waals surface area contributed by atoms with Crippen LogP contribution >= 0.6 is 0 Å². The van der Waals surface area contributed by atoms with Gasteiger partial charge < -0.3 is 10.1 Å². The second kappa shape index (κ2) is 6.79. The number of nitriles is 1. The molecule has 2 N–H and O–H groups in total. The number of hydrogen-bond acceptors (Lipinski definition) is 5. The first-order valence-corrected chi connectivity index (χ1v) is 9.15. The maximum absolute atomic E-state index is 12.4. The van der Waals surface area contributed by atoms with Crippen LogP contribution in [-0.2, 0) is 10.0 Å². The van der Waals surface area contributed by atoms with Gasteiger partial charge >= 0.3 is 0 Å². The maximum Gasteiger partial charge on any atom is 0.252 e. The van der Waals surface area contributed by atoms with Gasteiger partial charge in [-0.3, -0.25) is 4.79 Å². The Morgan fingerprint density at radius 1 is 1.38 bits per heavy atom. The highest BCUT2D eigenvalue weighted by Crippen LogP contribution is 2.32. The number of ether oxygens (including phenoxy) is 1. The summed E-state index contributed by atoms with van der Waals surface area (Å²) >= 11 is 0. The molecule has 1 aromatic rings. The number of carbonyl (C=O) groups excluding carboxylic acids is 1. The average molecular weight is 351 g/mol. The van der Waals surface area contributed by atoms with Crippen LogP contribution in [0.5, 0.6) is 5.75 Å². The van der Waals surface area contributed by atoms with E-state index in [1.165, 1.54) is 25.3 Å². The van der Waals surface area contributed by atoms with Gasteiger partial charge in [-0.1, -0.05) is 0 Å². The first-order valence-electron chi connectivity index (χ1n) is 7.67. The Hall–Kier alpha value is -2.11. The molecule has 8 heteroatoms. The Labute approximate surface area is 142 Å². The summed E-state index contributed by atoms with van der Waals surface area (Å²) in [5, 5.41) is 11.9. The molecule has 0 radical (unpaired) electrons. The lowest BCUT2D eigenvalue weighted by atomic mass is 9.78. The fourth-order valence-electron chi connectivity index (χ4n) is 2.49. The average Bonchev–Trinajstić information content (AvgIpc) is 2.48. The van der Waals surface area contributed by atoms with Crippen LogP contribution in [0.15, 0.2) is 23.1 Å². The molecule has 2 rings (SSSR count). The van der Waals surface area contributed by atoms with Gasteiger partial charge in [0.05, 0.1) is 13.2 Å². The van der Waals surface area contributed by atoms with Crippen molar-refractivity contribution in [1.29, 1.82) is 5.26 Å². The molecule has 7 nitrogen and oxygen atoms in total. The van der Waals surface area contributed by atoms with Crippen LogP contribution < -0.4 is 14.8 Å². The van der Waals surface area contributed by atoms with Crippen molar-refractivity contribution >= 4 is 15.9 Å². The number of carbonyl (C=O) groups is 1. The SMILES string of the molecule is COc1ccc(C(=O)NC2(C#N)CCC2)cc1S(=O)(=O)NC(C)C. The third-order valence-corrected chi connectivity index (χ3v) is 5.56. The highest BCUT2D eigenvalue weighted by Gasteiger charge is 2.39. The van der Waals surface area contributed by atoms with E-state index in [1.54, 1.807) is 13.8 Å². The lowest BCUT2D eigenvalue weighted by molar-refractivity contribution is 0.0881. The van der Waals surface area contributed by atoms with Crippen molar-refractivity contribution in [2.45, 2.75) is 49.6 Å². The summed E-state index contributed by atoms with van der Waals surface area (Å²) in [4.78, 5) is 12.3. The minimum atomic E-state index is -3.82. The molecular weight excluding hydrogens is 330 g/mol. The highest BCUT2D eigenvalue weighted by atomic mass is 32.2. The van der Waals surface area contributed by atoms with Gasteiger partial charge in [-0.25, -0.2) is 13.1 Å². The number of benzene rings is 1. The van der Waals surface area contributed by atoms with Gasteiger partial charge in [-0.15, -0.1) is 0 Å². The molecule has 24 heavy (non-hydrogen) atoms. The normalized spacial score (nSPS) is 16.1. The molecule has 1 aromatic carbocycles. The Balaban J connectivity index is 2.35. The molecule has 0 heterocycles. The van der Waals surface area contributed by atoms with Crippen LogP contribution in [-0.4, -0.2) is 33.0 Å². The van der Waals surface area contributed by atoms with E-state index in [9.17, 15) is 18.5 Å². The number of rotatable bonds is 6. The number of methoxy groups -OCH3 is 1. The number of nitrogens with zero attached hydrogens (tertiary/aromatic N) is 1. The van der Waals surface area contributed by atoms with E-state index in [4.69, 9.17) is 4.74 Å². The summed E-state index contributed by atoms with van der Waals surface area (Å²) in [7, 11) is -2.46. The van der Waals surface area contributed by atoms with E-state index in [2.05, 4.69) is 16.1 Å². The van der Waals surface area contributed by atoms with Crippen LogP contribution in [0.4, 0.5) is 0 Å². The van der Waals surface area contributed by atoms with Crippen LogP contribution in [0.1, 0.15) is 43.5 Å². The zero-order chi connectivity index (χ0) is 18.0. The van der Waals surface area contributed by atoms with Crippen molar-refractivity contribution in [1.82, 2.24) is 10.0 Å². The first kappa shape index (κ1) is 18.2. The quantitative estimate of drug-likeness (QED) is 0.808. The standard InChI is InChI=1S/C16H21N3O4S/c1-11(2)19-24(21,22)14-9-12(5-6-13(14)23-3)15(20)18-16(10-17)7-4-8-16/h5-6,9,11,19H,4,7-8H2,1-3H3,(H,18,20). The highest BCUT2D eigenvalue weighted by molar-refractivity contribution is 7.89. The predicted molar refractivity (Wildman–Crippen MR) is 88.1 cm³/mol. The van der Waals surface area contributed by atoms with Crippen molar-refractivity contribution in [3.8, 4) is 11.8 Å². The summed E-state index contributed by atoms with van der Waals surface area (Å²) in [6.07, 6.45) is 2.09. The van der Waals surface area contributed by atoms with Crippen molar-refractivity contribution < 1.29 is 17.9 Å². The Bertz CT molecular complexity index is 777. The zero-order valence-electron chi connectivity index (χ0n) is 13.9.